The molecule has 0 bridgehead atoms. The number of pyridine rings is 1. The van der Waals surface area contributed by atoms with Crippen LogP contribution in [-0.2, 0) is 0 Å². The van der Waals surface area contributed by atoms with E-state index in [-0.39, 0.29) is 18.2 Å². The predicted molar refractivity (Wildman–Crippen MR) is 103 cm³/mol. The third-order valence-corrected chi connectivity index (χ3v) is 4.58. The van der Waals surface area contributed by atoms with Gasteiger partial charge in [0.05, 0.1) is 12.1 Å². The second kappa shape index (κ2) is 8.70. The number of carbonyl (C=O) groups is 1. The first-order valence-electron chi connectivity index (χ1n) is 9.38. The summed E-state index contributed by atoms with van der Waals surface area (Å²) in [6, 6.07) is 11.6. The predicted octanol–water partition coefficient (Wildman–Crippen LogP) is 5.02. The Morgan fingerprint density at radius 3 is 2.54 bits per heavy atom. The lowest BCUT2D eigenvalue weighted by Crippen LogP contribution is -2.38. The molecule has 2 heterocycles. The molecule has 1 aliphatic heterocycles. The number of likely N-dealkylation sites (tertiary alicyclic amines) is 1. The number of nitrogens with zero attached hydrogens (tertiary/aromatic N) is 2. The molecule has 1 fully saturated rings. The van der Waals surface area contributed by atoms with Crippen molar-refractivity contribution in [2.45, 2.75) is 51.7 Å². The molecule has 0 radical (unpaired) electrons. The van der Waals surface area contributed by atoms with Crippen molar-refractivity contribution in [1.82, 2.24) is 9.88 Å². The van der Waals surface area contributed by atoms with Crippen LogP contribution in [0.4, 0.5) is 10.5 Å². The second-order valence-electron chi connectivity index (χ2n) is 6.96. The lowest BCUT2D eigenvalue weighted by molar-refractivity contribution is 0.189. The highest BCUT2D eigenvalue weighted by Crippen LogP contribution is 2.30. The van der Waals surface area contributed by atoms with Crippen LogP contribution in [0, 0.1) is 0 Å². The molecule has 1 unspecified atom stereocenters. The lowest BCUT2D eigenvalue weighted by atomic mass is 10.0. The van der Waals surface area contributed by atoms with E-state index in [4.69, 9.17) is 4.74 Å². The van der Waals surface area contributed by atoms with Crippen LogP contribution in [0.25, 0.3) is 0 Å². The molecule has 1 atom stereocenters. The normalized spacial score (nSPS) is 17.7. The van der Waals surface area contributed by atoms with Crippen LogP contribution in [0.2, 0.25) is 0 Å². The van der Waals surface area contributed by atoms with E-state index < -0.39 is 0 Å². The summed E-state index contributed by atoms with van der Waals surface area (Å²) in [6.45, 7) is 4.76. The maximum absolute atomic E-state index is 12.9. The van der Waals surface area contributed by atoms with Gasteiger partial charge in [0.1, 0.15) is 5.75 Å². The summed E-state index contributed by atoms with van der Waals surface area (Å²) < 4.78 is 5.65. The number of urea groups is 1. The Hall–Kier alpha value is -2.56. The van der Waals surface area contributed by atoms with E-state index in [1.165, 1.54) is 0 Å². The van der Waals surface area contributed by atoms with Gasteiger partial charge in [0.25, 0.3) is 0 Å². The number of anilines is 1. The quantitative estimate of drug-likeness (QED) is 0.840. The van der Waals surface area contributed by atoms with Crippen molar-refractivity contribution in [2.75, 3.05) is 11.9 Å². The Kier molecular flexibility index (Phi) is 6.10. The summed E-state index contributed by atoms with van der Waals surface area (Å²) >= 11 is 0. The van der Waals surface area contributed by atoms with Gasteiger partial charge < -0.3 is 15.0 Å². The van der Waals surface area contributed by atoms with Gasteiger partial charge in [0, 0.05) is 24.6 Å². The largest absolute Gasteiger partial charge is 0.491 e. The van der Waals surface area contributed by atoms with Crippen molar-refractivity contribution in [1.29, 1.82) is 0 Å². The lowest BCUT2D eigenvalue weighted by Gasteiger charge is -2.30. The first-order valence-corrected chi connectivity index (χ1v) is 9.38. The summed E-state index contributed by atoms with van der Waals surface area (Å²) in [6.07, 6.45) is 8.04. The first-order chi connectivity index (χ1) is 12.6. The number of hydrogen-bond donors (Lipinski definition) is 1. The molecule has 0 saturated carbocycles. The molecule has 0 aliphatic carbocycles. The zero-order valence-electron chi connectivity index (χ0n) is 15.5. The van der Waals surface area contributed by atoms with Crippen LogP contribution in [-0.4, -0.2) is 28.6 Å². The molecular formula is C21H27N3O2. The van der Waals surface area contributed by atoms with E-state index >= 15 is 0 Å². The molecule has 5 heteroatoms. The molecule has 1 aromatic carbocycles. The third-order valence-electron chi connectivity index (χ3n) is 4.58. The van der Waals surface area contributed by atoms with Gasteiger partial charge in [-0.05, 0) is 68.7 Å². The topological polar surface area (TPSA) is 54.5 Å². The summed E-state index contributed by atoms with van der Waals surface area (Å²) in [5, 5.41) is 3.04. The average molecular weight is 353 g/mol. The smallest absolute Gasteiger partial charge is 0.322 e. The zero-order chi connectivity index (χ0) is 18.4. The molecule has 1 aromatic heterocycles. The van der Waals surface area contributed by atoms with Crippen LogP contribution >= 0.6 is 0 Å². The number of rotatable bonds is 4. The molecular weight excluding hydrogens is 326 g/mol. The Morgan fingerprint density at radius 2 is 1.85 bits per heavy atom. The van der Waals surface area contributed by atoms with Gasteiger partial charge in [-0.3, -0.25) is 4.98 Å². The minimum Gasteiger partial charge on any atom is -0.491 e. The number of aromatic nitrogens is 1. The Bertz CT molecular complexity index is 701. The Morgan fingerprint density at radius 1 is 1.12 bits per heavy atom. The fourth-order valence-corrected chi connectivity index (χ4v) is 3.37. The highest BCUT2D eigenvalue weighted by Gasteiger charge is 2.26. The average Bonchev–Trinajstić information content (AvgIpc) is 2.90. The van der Waals surface area contributed by atoms with Crippen LogP contribution in [0.5, 0.6) is 5.75 Å². The first kappa shape index (κ1) is 18.2. The summed E-state index contributed by atoms with van der Waals surface area (Å²) in [5.41, 5.74) is 1.93. The molecule has 1 saturated heterocycles. The molecule has 2 amide bonds. The van der Waals surface area contributed by atoms with E-state index in [2.05, 4.69) is 10.3 Å². The molecule has 5 nitrogen and oxygen atoms in total. The number of carbonyl (C=O) groups excluding carboxylic acids is 1. The molecule has 26 heavy (non-hydrogen) atoms. The number of ether oxygens (including phenoxy) is 1. The number of benzene rings is 1. The molecule has 1 N–H and O–H groups in total. The number of hydrogen-bond acceptors (Lipinski definition) is 3. The van der Waals surface area contributed by atoms with Crippen molar-refractivity contribution < 1.29 is 9.53 Å². The van der Waals surface area contributed by atoms with Gasteiger partial charge in [-0.15, -0.1) is 0 Å². The van der Waals surface area contributed by atoms with Crippen molar-refractivity contribution in [3.8, 4) is 5.75 Å². The maximum atomic E-state index is 12.9. The van der Waals surface area contributed by atoms with Crippen molar-refractivity contribution in [3.05, 3.63) is 54.4 Å². The summed E-state index contributed by atoms with van der Waals surface area (Å²) in [4.78, 5) is 19.0. The van der Waals surface area contributed by atoms with Gasteiger partial charge in [-0.25, -0.2) is 4.79 Å². The highest BCUT2D eigenvalue weighted by molar-refractivity contribution is 5.89. The zero-order valence-corrected chi connectivity index (χ0v) is 15.5. The van der Waals surface area contributed by atoms with E-state index in [1.54, 1.807) is 12.4 Å². The second-order valence-corrected chi connectivity index (χ2v) is 6.96. The standard InChI is InChI=1S/C21H27N3O2/c1-16(2)26-19-9-7-18(8-10-19)23-21(25)24-15-5-3-4-6-20(24)17-11-13-22-14-12-17/h7-14,16,20H,3-6,15H2,1-2H3,(H,23,25). The number of nitrogens with one attached hydrogen (secondary N) is 1. The minimum absolute atomic E-state index is 0.0498. The third kappa shape index (κ3) is 4.75. The Labute approximate surface area is 155 Å². The van der Waals surface area contributed by atoms with Crippen LogP contribution < -0.4 is 10.1 Å². The molecule has 1 aliphatic rings. The van der Waals surface area contributed by atoms with Crippen LogP contribution in [0.3, 0.4) is 0 Å². The Balaban J connectivity index is 1.71. The highest BCUT2D eigenvalue weighted by atomic mass is 16.5. The monoisotopic (exact) mass is 353 g/mol. The van der Waals surface area contributed by atoms with Gasteiger partial charge in [-0.2, -0.15) is 0 Å². The minimum atomic E-state index is -0.0498. The van der Waals surface area contributed by atoms with E-state index in [0.29, 0.717) is 0 Å². The van der Waals surface area contributed by atoms with Gasteiger partial charge >= 0.3 is 6.03 Å². The molecule has 3 rings (SSSR count). The van der Waals surface area contributed by atoms with Gasteiger partial charge in [-0.1, -0.05) is 12.8 Å². The molecule has 0 spiro atoms. The number of amides is 2. The van der Waals surface area contributed by atoms with Crippen molar-refractivity contribution in [2.24, 2.45) is 0 Å². The van der Waals surface area contributed by atoms with Gasteiger partial charge in [0.15, 0.2) is 0 Å². The van der Waals surface area contributed by atoms with Crippen LogP contribution in [0.1, 0.15) is 51.1 Å². The fourth-order valence-electron chi connectivity index (χ4n) is 3.37. The van der Waals surface area contributed by atoms with E-state index in [0.717, 1.165) is 49.2 Å². The molecule has 2 aromatic rings. The maximum Gasteiger partial charge on any atom is 0.322 e. The fraction of sp³-hybridized carbons (Fsp3) is 0.429. The summed E-state index contributed by atoms with van der Waals surface area (Å²) in [7, 11) is 0. The van der Waals surface area contributed by atoms with Crippen molar-refractivity contribution >= 4 is 11.7 Å². The molecule has 138 valence electrons. The van der Waals surface area contributed by atoms with Crippen LogP contribution in [0.15, 0.2) is 48.8 Å². The SMILES string of the molecule is CC(C)Oc1ccc(NC(=O)N2CCCCCC2c2ccncc2)cc1. The van der Waals surface area contributed by atoms with E-state index in [1.807, 2.05) is 55.1 Å². The van der Waals surface area contributed by atoms with Crippen molar-refractivity contribution in [3.63, 3.8) is 0 Å². The summed E-state index contributed by atoms with van der Waals surface area (Å²) in [5.74, 6) is 0.808. The van der Waals surface area contributed by atoms with Gasteiger partial charge in [0.2, 0.25) is 0 Å². The van der Waals surface area contributed by atoms with E-state index in [9.17, 15) is 4.79 Å².